The highest BCUT2D eigenvalue weighted by Crippen LogP contribution is 2.26. The molecule has 0 unspecified atom stereocenters. The third-order valence-corrected chi connectivity index (χ3v) is 2.08. The highest BCUT2D eigenvalue weighted by atomic mass is 16.3. The number of hydrogen-bond donors (Lipinski definition) is 0. The van der Waals surface area contributed by atoms with E-state index in [1.54, 1.807) is 18.5 Å². The van der Waals surface area contributed by atoms with E-state index < -0.39 is 0 Å². The van der Waals surface area contributed by atoms with E-state index in [1.807, 2.05) is 25.1 Å². The summed E-state index contributed by atoms with van der Waals surface area (Å²) >= 11 is 0. The Morgan fingerprint density at radius 2 is 2.36 bits per heavy atom. The second kappa shape index (κ2) is 3.50. The molecule has 70 valence electrons. The van der Waals surface area contributed by atoms with E-state index in [2.05, 4.69) is 11.6 Å². The summed E-state index contributed by atoms with van der Waals surface area (Å²) in [5.74, 6) is 0.838. The zero-order valence-corrected chi connectivity index (χ0v) is 8.03. The van der Waals surface area contributed by atoms with Crippen LogP contribution in [0.4, 0.5) is 0 Å². The molecule has 2 heteroatoms. The van der Waals surface area contributed by atoms with Crippen LogP contribution in [0.1, 0.15) is 18.2 Å². The van der Waals surface area contributed by atoms with Gasteiger partial charge in [-0.3, -0.25) is 4.98 Å². The Morgan fingerprint density at radius 3 is 3.07 bits per heavy atom. The van der Waals surface area contributed by atoms with Gasteiger partial charge in [-0.15, -0.1) is 0 Å². The molecule has 0 bridgehead atoms. The minimum Gasteiger partial charge on any atom is -0.454 e. The quantitative estimate of drug-likeness (QED) is 0.715. The Hall–Kier alpha value is -1.83. The summed E-state index contributed by atoms with van der Waals surface area (Å²) in [6.07, 6.45) is 9.15. The van der Waals surface area contributed by atoms with Crippen LogP contribution in [-0.4, -0.2) is 4.98 Å². The molecule has 0 aliphatic carbocycles. The number of nitrogens with zero attached hydrogens (tertiary/aromatic N) is 1. The van der Waals surface area contributed by atoms with Gasteiger partial charge in [-0.05, 0) is 19.1 Å². The van der Waals surface area contributed by atoms with Gasteiger partial charge in [0, 0.05) is 17.1 Å². The molecule has 0 aliphatic heterocycles. The largest absolute Gasteiger partial charge is 0.454 e. The van der Waals surface area contributed by atoms with Crippen molar-refractivity contribution in [3.63, 3.8) is 0 Å². The van der Waals surface area contributed by atoms with Gasteiger partial charge < -0.3 is 4.42 Å². The smallest absolute Gasteiger partial charge is 0.153 e. The van der Waals surface area contributed by atoms with Crippen molar-refractivity contribution >= 4 is 23.1 Å². The lowest BCUT2D eigenvalue weighted by atomic mass is 10.1. The van der Waals surface area contributed by atoms with Crippen molar-refractivity contribution in [2.45, 2.75) is 6.92 Å². The molecule has 2 nitrogen and oxygen atoms in total. The highest BCUT2D eigenvalue weighted by molar-refractivity contribution is 5.89. The Morgan fingerprint density at radius 1 is 1.50 bits per heavy atom. The maximum absolute atomic E-state index is 5.61. The van der Waals surface area contributed by atoms with Gasteiger partial charge in [-0.1, -0.05) is 18.7 Å². The molecule has 2 rings (SSSR count). The molecule has 0 radical (unpaired) electrons. The van der Waals surface area contributed by atoms with Gasteiger partial charge in [0.1, 0.15) is 5.76 Å². The first-order chi connectivity index (χ1) is 6.86. The number of rotatable bonds is 2. The summed E-state index contributed by atoms with van der Waals surface area (Å²) in [5, 5.41) is 1.06. The monoisotopic (exact) mass is 185 g/mol. The van der Waals surface area contributed by atoms with Crippen molar-refractivity contribution in [3.05, 3.63) is 42.4 Å². The first kappa shape index (κ1) is 8.75. The molecule has 2 aromatic rings. The number of hydrogen-bond acceptors (Lipinski definition) is 2. The van der Waals surface area contributed by atoms with Crippen molar-refractivity contribution in [1.29, 1.82) is 0 Å². The van der Waals surface area contributed by atoms with Gasteiger partial charge in [0.15, 0.2) is 5.58 Å². The summed E-state index contributed by atoms with van der Waals surface area (Å²) < 4.78 is 5.61. The zero-order chi connectivity index (χ0) is 9.97. The van der Waals surface area contributed by atoms with Gasteiger partial charge in [0.05, 0.1) is 6.20 Å². The third-order valence-electron chi connectivity index (χ3n) is 2.08. The van der Waals surface area contributed by atoms with Crippen molar-refractivity contribution < 1.29 is 4.42 Å². The summed E-state index contributed by atoms with van der Waals surface area (Å²) in [5.41, 5.74) is 1.83. The molecule has 0 aliphatic rings. The van der Waals surface area contributed by atoms with Crippen LogP contribution in [-0.2, 0) is 0 Å². The lowest BCUT2D eigenvalue weighted by Crippen LogP contribution is -1.72. The number of allylic oxidation sites excluding steroid dienone is 1. The van der Waals surface area contributed by atoms with Crippen LogP contribution in [0.3, 0.4) is 0 Å². The fourth-order valence-electron chi connectivity index (χ4n) is 1.48. The van der Waals surface area contributed by atoms with E-state index in [-0.39, 0.29) is 0 Å². The molecule has 2 aromatic heterocycles. The minimum absolute atomic E-state index is 0.801. The highest BCUT2D eigenvalue weighted by Gasteiger charge is 2.07. The van der Waals surface area contributed by atoms with E-state index in [0.29, 0.717) is 0 Å². The topological polar surface area (TPSA) is 26.0 Å². The average Bonchev–Trinajstić information content (AvgIpc) is 2.55. The molecule has 0 saturated heterocycles. The molecule has 14 heavy (non-hydrogen) atoms. The molecule has 0 amide bonds. The fraction of sp³-hybridized carbons (Fsp3) is 0.0833. The van der Waals surface area contributed by atoms with E-state index in [4.69, 9.17) is 4.42 Å². The number of aromatic nitrogens is 1. The second-order valence-electron chi connectivity index (χ2n) is 2.96. The summed E-state index contributed by atoms with van der Waals surface area (Å²) in [7, 11) is 0. The second-order valence-corrected chi connectivity index (χ2v) is 2.96. The standard InChI is InChI=1S/C12H11NO/c1-3-5-11-9(4-2)10-6-7-13-8-12(10)14-11/h3-8H,2H2,1H3/b5-3-. The molecule has 0 atom stereocenters. The van der Waals surface area contributed by atoms with Crippen LogP contribution in [0.5, 0.6) is 0 Å². The Labute approximate surface area is 82.6 Å². The lowest BCUT2D eigenvalue weighted by molar-refractivity contribution is 0.602. The van der Waals surface area contributed by atoms with E-state index >= 15 is 0 Å². The van der Waals surface area contributed by atoms with Gasteiger partial charge in [-0.2, -0.15) is 0 Å². The van der Waals surface area contributed by atoms with Crippen LogP contribution >= 0.6 is 0 Å². The SMILES string of the molecule is C=Cc1c(/C=C\C)oc2cnccc12. The van der Waals surface area contributed by atoms with Crippen molar-refractivity contribution in [2.75, 3.05) is 0 Å². The van der Waals surface area contributed by atoms with Crippen LogP contribution in [0, 0.1) is 0 Å². The first-order valence-electron chi connectivity index (χ1n) is 4.48. The minimum atomic E-state index is 0.801. The molecule has 2 heterocycles. The Kier molecular flexibility index (Phi) is 2.19. The normalized spacial score (nSPS) is 11.2. The van der Waals surface area contributed by atoms with Crippen LogP contribution in [0.15, 0.2) is 35.5 Å². The van der Waals surface area contributed by atoms with Crippen molar-refractivity contribution in [2.24, 2.45) is 0 Å². The third kappa shape index (κ3) is 1.25. The lowest BCUT2D eigenvalue weighted by Gasteiger charge is -1.88. The maximum atomic E-state index is 5.61. The summed E-state index contributed by atoms with van der Waals surface area (Å²) in [4.78, 5) is 4.01. The van der Waals surface area contributed by atoms with Gasteiger partial charge in [0.25, 0.3) is 0 Å². The van der Waals surface area contributed by atoms with Crippen LogP contribution in [0.25, 0.3) is 23.1 Å². The average molecular weight is 185 g/mol. The fourth-order valence-corrected chi connectivity index (χ4v) is 1.48. The molecule has 0 aromatic carbocycles. The predicted octanol–water partition coefficient (Wildman–Crippen LogP) is 3.50. The van der Waals surface area contributed by atoms with E-state index in [9.17, 15) is 0 Å². The Bertz CT molecular complexity index is 494. The van der Waals surface area contributed by atoms with Crippen LogP contribution in [0.2, 0.25) is 0 Å². The van der Waals surface area contributed by atoms with Gasteiger partial charge >= 0.3 is 0 Å². The maximum Gasteiger partial charge on any atom is 0.153 e. The molecular weight excluding hydrogens is 174 g/mol. The molecule has 0 fully saturated rings. The molecule has 0 spiro atoms. The summed E-state index contributed by atoms with van der Waals surface area (Å²) in [6.45, 7) is 5.74. The van der Waals surface area contributed by atoms with Crippen molar-refractivity contribution in [3.8, 4) is 0 Å². The zero-order valence-electron chi connectivity index (χ0n) is 8.03. The van der Waals surface area contributed by atoms with E-state index in [0.717, 1.165) is 22.3 Å². The molecule has 0 saturated carbocycles. The number of furan rings is 1. The summed E-state index contributed by atoms with van der Waals surface area (Å²) in [6, 6.07) is 1.93. The van der Waals surface area contributed by atoms with Gasteiger partial charge in [0.2, 0.25) is 0 Å². The number of pyridine rings is 1. The van der Waals surface area contributed by atoms with Crippen LogP contribution < -0.4 is 0 Å². The predicted molar refractivity (Wildman–Crippen MR) is 58.8 cm³/mol. The number of fused-ring (bicyclic) bond motifs is 1. The van der Waals surface area contributed by atoms with Crippen molar-refractivity contribution in [1.82, 2.24) is 4.98 Å². The Balaban J connectivity index is 2.78. The van der Waals surface area contributed by atoms with E-state index in [1.165, 1.54) is 0 Å². The molecular formula is C12H11NO. The molecule has 0 N–H and O–H groups in total. The van der Waals surface area contributed by atoms with Gasteiger partial charge in [-0.25, -0.2) is 0 Å². The first-order valence-corrected chi connectivity index (χ1v) is 4.48.